The van der Waals surface area contributed by atoms with Gasteiger partial charge in [-0.25, -0.2) is 38.2 Å². The first-order valence-corrected chi connectivity index (χ1v) is 34.9. The molecule has 101 heavy (non-hydrogen) atoms. The number of terminal acetylenes is 3. The lowest BCUT2D eigenvalue weighted by molar-refractivity contribution is -0.0665. The summed E-state index contributed by atoms with van der Waals surface area (Å²) >= 11 is 0. The molecule has 14 heterocycles. The number of phosphoric ester groups is 4. The summed E-state index contributed by atoms with van der Waals surface area (Å²) in [6.45, 7) is -3.96. The molecule has 8 aromatic heterocycles. The first kappa shape index (κ1) is 70.8. The fourth-order valence-electron chi connectivity index (χ4n) is 11.3. The highest BCUT2D eigenvalue weighted by Gasteiger charge is 2.57. The highest BCUT2D eigenvalue weighted by atomic mass is 31.2. The van der Waals surface area contributed by atoms with Crippen LogP contribution < -0.4 is 42.7 Å². The molecule has 6 saturated heterocycles. The Bertz CT molecular complexity index is 4760. The first-order chi connectivity index (χ1) is 48.0. The van der Waals surface area contributed by atoms with Gasteiger partial charge in [-0.05, 0) is 0 Å². The maximum absolute atomic E-state index is 13.3. The van der Waals surface area contributed by atoms with Crippen LogP contribution in [0.4, 0.5) is 23.8 Å². The minimum Gasteiger partial charge on any atom is -0.463 e. The Morgan fingerprint density at radius 2 is 0.703 bits per heavy atom. The molecule has 6 aliphatic rings. The predicted octanol–water partition coefficient (Wildman–Crippen LogP) is -3.94. The molecule has 0 saturated carbocycles. The summed E-state index contributed by atoms with van der Waals surface area (Å²) in [6.07, 6.45) is -5.49. The van der Waals surface area contributed by atoms with Gasteiger partial charge in [-0.3, -0.25) is 64.2 Å². The number of nitrogens with zero attached hydrogens (tertiary/aromatic N) is 15. The second-order valence-electron chi connectivity index (χ2n) is 21.9. The van der Waals surface area contributed by atoms with Crippen molar-refractivity contribution >= 4 is 99.7 Å². The molecule has 0 radical (unpaired) electrons. The Balaban J connectivity index is 0.000000181. The lowest BCUT2D eigenvalue weighted by atomic mass is 10.1. The van der Waals surface area contributed by atoms with Crippen molar-refractivity contribution in [2.75, 3.05) is 69.2 Å². The average Bonchev–Trinajstić information content (AvgIpc) is 1.63. The van der Waals surface area contributed by atoms with Crippen molar-refractivity contribution in [3.63, 3.8) is 0 Å². The van der Waals surface area contributed by atoms with Crippen LogP contribution >= 0.6 is 31.3 Å². The summed E-state index contributed by atoms with van der Waals surface area (Å²) in [5, 5.41) is 45.1. The van der Waals surface area contributed by atoms with E-state index in [1.807, 2.05) is 0 Å². The van der Waals surface area contributed by atoms with E-state index >= 15 is 0 Å². The number of fused-ring (bicyclic) bond motifs is 8. The van der Waals surface area contributed by atoms with Crippen LogP contribution in [0, 0.1) is 37.0 Å². The first-order valence-electron chi connectivity index (χ1n) is 28.9. The summed E-state index contributed by atoms with van der Waals surface area (Å²) in [6, 6.07) is 0. The summed E-state index contributed by atoms with van der Waals surface area (Å²) in [5.41, 5.74) is 22.4. The molecule has 6 aliphatic heterocycles. The molecule has 0 bridgehead atoms. The van der Waals surface area contributed by atoms with Crippen LogP contribution in [0.1, 0.15) is 24.9 Å². The van der Waals surface area contributed by atoms with Crippen molar-refractivity contribution < 1.29 is 128 Å². The van der Waals surface area contributed by atoms with E-state index in [0.717, 1.165) is 10.9 Å². The number of aliphatic hydroxyl groups is 4. The molecule has 4 unspecified atom stereocenters. The van der Waals surface area contributed by atoms with E-state index in [0.29, 0.717) is 0 Å². The number of nitrogens with one attached hydrogen (secondary N) is 1. The summed E-state index contributed by atoms with van der Waals surface area (Å²) < 4.78 is 139. The van der Waals surface area contributed by atoms with Crippen LogP contribution in [0.2, 0.25) is 0 Å². The molecular weight excluding hydrogens is 1440 g/mol. The molecule has 48 nitrogen and oxygen atoms in total. The normalized spacial score (nSPS) is 34.5. The number of phosphoric acid groups is 4. The number of aromatic amines is 1. The van der Waals surface area contributed by atoms with E-state index in [1.54, 1.807) is 0 Å². The van der Waals surface area contributed by atoms with Crippen LogP contribution in [0.15, 0.2) is 30.1 Å². The minimum atomic E-state index is -5.11. The number of hydrogen-bond acceptors (Lipinski definition) is 39. The number of anilines is 4. The number of H-pyrrole nitrogens is 1. The number of rotatable bonds is 10. The second kappa shape index (κ2) is 27.6. The van der Waals surface area contributed by atoms with Gasteiger partial charge < -0.3 is 96.1 Å². The lowest BCUT2D eigenvalue weighted by Gasteiger charge is -2.27. The molecular formula is C49H54N20O28P4. The monoisotopic (exact) mass is 1490 g/mol. The summed E-state index contributed by atoms with van der Waals surface area (Å²) in [4.78, 5) is 102. The number of aromatic nitrogens is 16. The molecule has 6 fully saturated rings. The highest BCUT2D eigenvalue weighted by Crippen LogP contribution is 2.56. The van der Waals surface area contributed by atoms with Gasteiger partial charge in [-0.15, -0.1) is 19.3 Å². The van der Waals surface area contributed by atoms with Crippen molar-refractivity contribution in [1.82, 2.24) is 78.1 Å². The molecule has 538 valence electrons. The van der Waals surface area contributed by atoms with Gasteiger partial charge in [0.15, 0.2) is 89.4 Å². The van der Waals surface area contributed by atoms with Crippen molar-refractivity contribution in [3.05, 3.63) is 35.7 Å². The van der Waals surface area contributed by atoms with Crippen LogP contribution in [0.5, 0.6) is 17.6 Å². The molecule has 0 amide bonds. The van der Waals surface area contributed by atoms with Crippen LogP contribution in [0.25, 0.3) is 44.7 Å². The van der Waals surface area contributed by atoms with Crippen LogP contribution in [-0.4, -0.2) is 238 Å². The number of nitrogens with two attached hydrogens (primary N) is 4. The van der Waals surface area contributed by atoms with Gasteiger partial charge in [0.25, 0.3) is 5.56 Å². The largest absolute Gasteiger partial charge is 0.472 e. The minimum absolute atomic E-state index is 0.00285. The van der Waals surface area contributed by atoms with Crippen molar-refractivity contribution in [3.8, 4) is 54.7 Å². The highest BCUT2D eigenvalue weighted by molar-refractivity contribution is 7.48. The Kier molecular flexibility index (Phi) is 19.4. The van der Waals surface area contributed by atoms with Gasteiger partial charge >= 0.3 is 31.3 Å². The third kappa shape index (κ3) is 14.1. The van der Waals surface area contributed by atoms with Crippen molar-refractivity contribution in [1.29, 1.82) is 0 Å². The Hall–Kier alpha value is -8.60. The molecule has 20 atom stereocenters. The molecule has 17 N–H and O–H groups in total. The zero-order chi connectivity index (χ0) is 71.8. The standard InChI is InChI=1S/C26H28N10O14P2.C23H26N10O14P2/c1-3-5-43-21-13-19(31-25(27)33-21)35(9-29-13)23-15(37)17-11(47-23)7-45-52(41,42)50-18-12(8-46-51(39,40)49-17)48-24(16(18)38)36-10-30-14-20(36)32-26(28)34-22(14)44-6-4-2;1-2-3-41-19-11-17(29-23(25)31-19)33(7-27-11)21-13(35)15-9(45-21)5-43-48(37,38)46-14-8(4-42-49(39,40)47-15)44-20(12(14)34)32-6-26-10-16(32)28-22(24)30-18(10)36/h1-2,9-12,15-18,23-24,37-38H,5-8H2,(H,39,40)(H,41,42)(H2,27,31,33)(H2,28,32,34);1,6-9,12-15,20-21,34-35H,3-5H2,(H,37,38)(H,39,40)(H2,25,29,31)(H3,24,28,30,36)/t11-,12-,15-,16-,17-,18-,23-,24-;8-,9-,12-,13-,14-,15-,20-,21-/m11/s1. The average molecular weight is 1490 g/mol. The zero-order valence-corrected chi connectivity index (χ0v) is 54.4. The lowest BCUT2D eigenvalue weighted by Crippen LogP contribution is -2.39. The van der Waals surface area contributed by atoms with E-state index in [9.17, 15) is 63.1 Å². The van der Waals surface area contributed by atoms with E-state index in [2.05, 4.69) is 77.6 Å². The number of ether oxygens (including phenoxy) is 7. The van der Waals surface area contributed by atoms with E-state index in [4.69, 9.17) is 112 Å². The Labute approximate surface area is 561 Å². The summed E-state index contributed by atoms with van der Waals surface area (Å²) in [7, 11) is -20.4. The zero-order valence-electron chi connectivity index (χ0n) is 50.8. The quantitative estimate of drug-likeness (QED) is 0.0459. The van der Waals surface area contributed by atoms with Gasteiger partial charge in [0.1, 0.15) is 73.2 Å². The molecule has 8 aromatic rings. The van der Waals surface area contributed by atoms with E-state index in [1.165, 1.54) is 32.7 Å². The van der Waals surface area contributed by atoms with Gasteiger partial charge in [-0.2, -0.15) is 34.9 Å². The van der Waals surface area contributed by atoms with Gasteiger partial charge in [-0.1, -0.05) is 17.8 Å². The van der Waals surface area contributed by atoms with E-state index < -0.39 is 161 Å². The SMILES string of the molecule is C#CCOc1nc(N)nc2c1ncn2[C@@H]1O[C@@H]2COP(=O)(O)O[C@H]3[C@@H](O)[C@H](n4cnc5c(=O)[nH]c(N)nc54)O[C@@H]3COP(=O)(O)O[C@H]2[C@H]1O.C#CCOc1nc(N)nc2c1ncn2[C@@H]1O[C@@H]2COP(=O)(O)O[C@H]3[C@@H](O)[C@H](n4cnc5c(OCC#C)nc(N)nc54)O[C@@H]3COP(=O)(O)O[C@H]2[C@H]1O. The summed E-state index contributed by atoms with van der Waals surface area (Å²) in [5.74, 6) is 5.58. The van der Waals surface area contributed by atoms with Gasteiger partial charge in [0.2, 0.25) is 41.4 Å². The molecule has 0 spiro atoms. The topological polar surface area (TPSA) is 667 Å². The molecule has 14 rings (SSSR count). The molecule has 52 heteroatoms. The predicted molar refractivity (Wildman–Crippen MR) is 327 cm³/mol. The van der Waals surface area contributed by atoms with Crippen molar-refractivity contribution in [2.24, 2.45) is 0 Å². The fraction of sp³-hybridized carbons (Fsp3) is 0.469. The third-order valence-electron chi connectivity index (χ3n) is 15.5. The van der Waals surface area contributed by atoms with Crippen molar-refractivity contribution in [2.45, 2.75) is 98.2 Å². The fourth-order valence-corrected chi connectivity index (χ4v) is 15.2. The number of nitrogen functional groups attached to an aromatic ring is 4. The second-order valence-corrected chi connectivity index (χ2v) is 27.6. The maximum atomic E-state index is 13.3. The van der Waals surface area contributed by atoms with E-state index in [-0.39, 0.29) is 106 Å². The number of imidazole rings is 4. The van der Waals surface area contributed by atoms with Gasteiger partial charge in [0, 0.05) is 0 Å². The number of hydrogen-bond donors (Lipinski definition) is 13. The van der Waals surface area contributed by atoms with Gasteiger partial charge in [0.05, 0.1) is 51.7 Å². The number of aliphatic hydroxyl groups excluding tert-OH is 4. The van der Waals surface area contributed by atoms with Crippen LogP contribution in [-0.2, 0) is 73.4 Å². The Morgan fingerprint density at radius 3 is 0.970 bits per heavy atom. The third-order valence-corrected chi connectivity index (χ3v) is 19.5. The molecule has 0 aliphatic carbocycles. The Morgan fingerprint density at radius 1 is 0.446 bits per heavy atom. The smallest absolute Gasteiger partial charge is 0.463 e. The van der Waals surface area contributed by atoms with Crippen LogP contribution in [0.3, 0.4) is 0 Å². The maximum Gasteiger partial charge on any atom is 0.472 e. The molecule has 0 aromatic carbocycles.